The molecular formula is C15H16N4O. The number of pyridine rings is 1. The Morgan fingerprint density at radius 2 is 2.05 bits per heavy atom. The normalized spacial score (nSPS) is 11.6. The number of aromatic amines is 1. The minimum Gasteiger partial charge on any atom is -0.324 e. The fourth-order valence-corrected chi connectivity index (χ4v) is 2.25. The summed E-state index contributed by atoms with van der Waals surface area (Å²) in [7, 11) is 0. The lowest BCUT2D eigenvalue weighted by Crippen LogP contribution is -2.15. The molecule has 20 heavy (non-hydrogen) atoms. The Labute approximate surface area is 115 Å². The van der Waals surface area contributed by atoms with Crippen LogP contribution in [0.5, 0.6) is 0 Å². The highest BCUT2D eigenvalue weighted by Gasteiger charge is 2.08. The number of hydrogen-bond donors (Lipinski definition) is 2. The van der Waals surface area contributed by atoms with Crippen LogP contribution >= 0.6 is 0 Å². The fourth-order valence-electron chi connectivity index (χ4n) is 2.25. The van der Waals surface area contributed by atoms with Crippen LogP contribution in [0.4, 0.5) is 0 Å². The molecule has 0 saturated carbocycles. The molecule has 0 unspecified atom stereocenters. The first-order valence-electron chi connectivity index (χ1n) is 6.62. The van der Waals surface area contributed by atoms with Crippen LogP contribution in [0.25, 0.3) is 21.9 Å². The minimum atomic E-state index is -0.195. The number of H-pyrrole nitrogens is 1. The number of benzene rings is 1. The van der Waals surface area contributed by atoms with Gasteiger partial charge in [-0.2, -0.15) is 0 Å². The summed E-state index contributed by atoms with van der Waals surface area (Å²) in [5, 5.41) is 1.45. The minimum absolute atomic E-state index is 0.192. The number of fused-ring (bicyclic) bond motifs is 2. The van der Waals surface area contributed by atoms with Gasteiger partial charge in [-0.05, 0) is 29.7 Å². The van der Waals surface area contributed by atoms with E-state index in [1.165, 1.54) is 5.56 Å². The third-order valence-electron chi connectivity index (χ3n) is 3.42. The quantitative estimate of drug-likeness (QED) is 0.697. The van der Waals surface area contributed by atoms with Crippen LogP contribution in [-0.2, 0) is 6.54 Å². The Kier molecular flexibility index (Phi) is 2.99. The molecule has 0 aliphatic rings. The van der Waals surface area contributed by atoms with Gasteiger partial charge in [-0.15, -0.1) is 0 Å². The molecule has 2 heterocycles. The molecule has 0 bridgehead atoms. The monoisotopic (exact) mass is 268 g/mol. The second-order valence-corrected chi connectivity index (χ2v) is 5.18. The predicted octanol–water partition coefficient (Wildman–Crippen LogP) is 2.05. The molecule has 3 rings (SSSR count). The summed E-state index contributed by atoms with van der Waals surface area (Å²) in [5.74, 6) is 0.888. The molecule has 0 spiro atoms. The third-order valence-corrected chi connectivity index (χ3v) is 3.42. The maximum atomic E-state index is 12.0. The summed E-state index contributed by atoms with van der Waals surface area (Å²) in [5.41, 5.74) is 7.82. The molecule has 0 fully saturated rings. The molecule has 0 amide bonds. The van der Waals surface area contributed by atoms with E-state index in [1.54, 1.807) is 0 Å². The summed E-state index contributed by atoms with van der Waals surface area (Å²) >= 11 is 0. The van der Waals surface area contributed by atoms with E-state index < -0.39 is 0 Å². The van der Waals surface area contributed by atoms with E-state index in [-0.39, 0.29) is 12.1 Å². The highest BCUT2D eigenvalue weighted by Crippen LogP contribution is 2.22. The largest absolute Gasteiger partial charge is 0.324 e. The van der Waals surface area contributed by atoms with Crippen molar-refractivity contribution in [2.45, 2.75) is 26.3 Å². The molecule has 0 saturated heterocycles. The fraction of sp³-hybridized carbons (Fsp3) is 0.267. The van der Waals surface area contributed by atoms with Crippen molar-refractivity contribution in [2.24, 2.45) is 5.73 Å². The summed E-state index contributed by atoms with van der Waals surface area (Å²) in [6.45, 7) is 4.46. The van der Waals surface area contributed by atoms with Crippen LogP contribution in [0, 0.1) is 0 Å². The Bertz CT molecular complexity index is 851. The SMILES string of the molecule is CC(C)c1ccc2nc3nc(CN)[nH]c(=O)c3cc2c1. The standard InChI is InChI=1S/C15H16N4O/c1-8(2)9-3-4-12-10(5-9)6-11-14(17-12)18-13(7-16)19-15(11)20/h3-6,8H,7,16H2,1-2H3,(H,17,18,19,20). The van der Waals surface area contributed by atoms with Crippen molar-refractivity contribution < 1.29 is 0 Å². The topological polar surface area (TPSA) is 84.7 Å². The first kappa shape index (κ1) is 12.7. The van der Waals surface area contributed by atoms with Crippen molar-refractivity contribution in [3.63, 3.8) is 0 Å². The van der Waals surface area contributed by atoms with Crippen LogP contribution in [0.15, 0.2) is 29.1 Å². The first-order valence-corrected chi connectivity index (χ1v) is 6.62. The Balaban J connectivity index is 2.34. The van der Waals surface area contributed by atoms with E-state index in [1.807, 2.05) is 12.1 Å². The van der Waals surface area contributed by atoms with Gasteiger partial charge in [0.15, 0.2) is 5.65 Å². The van der Waals surface area contributed by atoms with E-state index in [2.05, 4.69) is 40.9 Å². The molecule has 0 aliphatic heterocycles. The number of rotatable bonds is 2. The van der Waals surface area contributed by atoms with Gasteiger partial charge in [-0.25, -0.2) is 9.97 Å². The van der Waals surface area contributed by atoms with Crippen LogP contribution in [0.3, 0.4) is 0 Å². The summed E-state index contributed by atoms with van der Waals surface area (Å²) in [6, 6.07) is 7.94. The lowest BCUT2D eigenvalue weighted by atomic mass is 10.0. The lowest BCUT2D eigenvalue weighted by Gasteiger charge is -2.07. The van der Waals surface area contributed by atoms with Crippen molar-refractivity contribution in [3.05, 3.63) is 46.0 Å². The van der Waals surface area contributed by atoms with Crippen LogP contribution in [-0.4, -0.2) is 15.0 Å². The third kappa shape index (κ3) is 2.06. The van der Waals surface area contributed by atoms with E-state index in [0.29, 0.717) is 22.8 Å². The summed E-state index contributed by atoms with van der Waals surface area (Å²) in [6.07, 6.45) is 0. The van der Waals surface area contributed by atoms with Crippen LogP contribution in [0.2, 0.25) is 0 Å². The number of nitrogens with one attached hydrogen (secondary N) is 1. The number of nitrogens with zero attached hydrogens (tertiary/aromatic N) is 2. The van der Waals surface area contributed by atoms with E-state index in [9.17, 15) is 4.79 Å². The molecule has 0 radical (unpaired) electrons. The van der Waals surface area contributed by atoms with E-state index in [0.717, 1.165) is 10.9 Å². The Hall–Kier alpha value is -2.27. The van der Waals surface area contributed by atoms with Gasteiger partial charge in [0.1, 0.15) is 5.82 Å². The second-order valence-electron chi connectivity index (χ2n) is 5.18. The second kappa shape index (κ2) is 4.68. The number of hydrogen-bond acceptors (Lipinski definition) is 4. The van der Waals surface area contributed by atoms with Crippen molar-refractivity contribution >= 4 is 21.9 Å². The molecule has 5 heteroatoms. The van der Waals surface area contributed by atoms with Crippen molar-refractivity contribution in [3.8, 4) is 0 Å². The van der Waals surface area contributed by atoms with Gasteiger partial charge < -0.3 is 10.7 Å². The van der Waals surface area contributed by atoms with E-state index >= 15 is 0 Å². The highest BCUT2D eigenvalue weighted by molar-refractivity contribution is 5.90. The van der Waals surface area contributed by atoms with Gasteiger partial charge in [0.25, 0.3) is 5.56 Å². The molecule has 0 aliphatic carbocycles. The van der Waals surface area contributed by atoms with Gasteiger partial charge in [-0.3, -0.25) is 4.79 Å². The smallest absolute Gasteiger partial charge is 0.260 e. The van der Waals surface area contributed by atoms with Crippen molar-refractivity contribution in [1.29, 1.82) is 0 Å². The van der Waals surface area contributed by atoms with Crippen molar-refractivity contribution in [2.75, 3.05) is 0 Å². The lowest BCUT2D eigenvalue weighted by molar-refractivity contribution is 0.868. The first-order chi connectivity index (χ1) is 9.58. The molecule has 0 atom stereocenters. The van der Waals surface area contributed by atoms with Gasteiger partial charge in [0.05, 0.1) is 17.4 Å². The van der Waals surface area contributed by atoms with Gasteiger partial charge in [-0.1, -0.05) is 19.9 Å². The number of aromatic nitrogens is 3. The zero-order valence-corrected chi connectivity index (χ0v) is 11.5. The van der Waals surface area contributed by atoms with Gasteiger partial charge >= 0.3 is 0 Å². The predicted molar refractivity (Wildman–Crippen MR) is 79.6 cm³/mol. The molecule has 3 aromatic rings. The van der Waals surface area contributed by atoms with E-state index in [4.69, 9.17) is 5.73 Å². The average Bonchev–Trinajstić information content (AvgIpc) is 2.44. The van der Waals surface area contributed by atoms with Crippen LogP contribution in [0.1, 0.15) is 31.2 Å². The van der Waals surface area contributed by atoms with Gasteiger partial charge in [0.2, 0.25) is 0 Å². The Morgan fingerprint density at radius 1 is 1.25 bits per heavy atom. The highest BCUT2D eigenvalue weighted by atomic mass is 16.1. The maximum Gasteiger partial charge on any atom is 0.260 e. The Morgan fingerprint density at radius 3 is 2.75 bits per heavy atom. The molecule has 2 aromatic heterocycles. The molecular weight excluding hydrogens is 252 g/mol. The summed E-state index contributed by atoms with van der Waals surface area (Å²) in [4.78, 5) is 23.4. The zero-order valence-electron chi connectivity index (χ0n) is 11.5. The molecule has 3 N–H and O–H groups in total. The van der Waals surface area contributed by atoms with Crippen molar-refractivity contribution in [1.82, 2.24) is 15.0 Å². The molecule has 5 nitrogen and oxygen atoms in total. The van der Waals surface area contributed by atoms with Crippen LogP contribution < -0.4 is 11.3 Å². The molecule has 1 aromatic carbocycles. The number of nitrogens with two attached hydrogens (primary N) is 1. The molecule has 102 valence electrons. The maximum absolute atomic E-state index is 12.0. The average molecular weight is 268 g/mol. The zero-order chi connectivity index (χ0) is 14.3. The van der Waals surface area contributed by atoms with Gasteiger partial charge in [0, 0.05) is 5.39 Å². The summed E-state index contributed by atoms with van der Waals surface area (Å²) < 4.78 is 0.